The number of aliphatic imine (C=N–C) groups is 1. The van der Waals surface area contributed by atoms with Crippen molar-refractivity contribution in [3.8, 4) is 17.2 Å². The standard InChI is InChI=1S/C22H38N4O3/c1-6-23-22(24-12-7-13-26-14-10-17(2)11-15-26)25-16-18-8-9-19(27-3)21(29-5)20(18)28-4/h8-9,17H,6-7,10-16H2,1-5H3,(H2,23,24,25). The molecule has 0 amide bonds. The number of nitrogens with one attached hydrogen (secondary N) is 2. The molecule has 7 nitrogen and oxygen atoms in total. The third-order valence-electron chi connectivity index (χ3n) is 5.36. The highest BCUT2D eigenvalue weighted by Crippen LogP contribution is 2.39. The van der Waals surface area contributed by atoms with Gasteiger partial charge in [0.15, 0.2) is 17.5 Å². The van der Waals surface area contributed by atoms with Crippen LogP contribution in [0, 0.1) is 5.92 Å². The van der Waals surface area contributed by atoms with E-state index in [9.17, 15) is 0 Å². The molecular weight excluding hydrogens is 368 g/mol. The number of hydrogen-bond donors (Lipinski definition) is 2. The van der Waals surface area contributed by atoms with Crippen molar-refractivity contribution in [1.29, 1.82) is 0 Å². The molecule has 0 spiro atoms. The van der Waals surface area contributed by atoms with Gasteiger partial charge in [-0.25, -0.2) is 4.99 Å². The van der Waals surface area contributed by atoms with Gasteiger partial charge in [0.2, 0.25) is 5.75 Å². The molecule has 0 bridgehead atoms. The molecule has 29 heavy (non-hydrogen) atoms. The molecule has 1 aromatic rings. The SMILES string of the molecule is CCNC(=NCc1ccc(OC)c(OC)c1OC)NCCCN1CCC(C)CC1. The number of piperidine rings is 1. The smallest absolute Gasteiger partial charge is 0.203 e. The highest BCUT2D eigenvalue weighted by atomic mass is 16.5. The zero-order chi connectivity index (χ0) is 21.1. The Morgan fingerprint density at radius 2 is 1.79 bits per heavy atom. The van der Waals surface area contributed by atoms with E-state index in [2.05, 4.69) is 29.4 Å². The lowest BCUT2D eigenvalue weighted by Crippen LogP contribution is -2.39. The predicted octanol–water partition coefficient (Wildman–Crippen LogP) is 2.89. The molecule has 0 atom stereocenters. The summed E-state index contributed by atoms with van der Waals surface area (Å²) >= 11 is 0. The minimum absolute atomic E-state index is 0.489. The Labute approximate surface area is 175 Å². The third-order valence-corrected chi connectivity index (χ3v) is 5.36. The molecule has 1 aliphatic rings. The van der Waals surface area contributed by atoms with E-state index >= 15 is 0 Å². The number of ether oxygens (including phenoxy) is 3. The summed E-state index contributed by atoms with van der Waals surface area (Å²) in [6.07, 6.45) is 3.76. The van der Waals surface area contributed by atoms with E-state index < -0.39 is 0 Å². The van der Waals surface area contributed by atoms with E-state index in [1.54, 1.807) is 21.3 Å². The van der Waals surface area contributed by atoms with Crippen LogP contribution in [0.2, 0.25) is 0 Å². The highest BCUT2D eigenvalue weighted by Gasteiger charge is 2.16. The zero-order valence-corrected chi connectivity index (χ0v) is 18.7. The minimum atomic E-state index is 0.489. The fourth-order valence-corrected chi connectivity index (χ4v) is 3.59. The Morgan fingerprint density at radius 3 is 2.41 bits per heavy atom. The zero-order valence-electron chi connectivity index (χ0n) is 18.7. The van der Waals surface area contributed by atoms with E-state index in [0.29, 0.717) is 23.8 Å². The van der Waals surface area contributed by atoms with Gasteiger partial charge in [0.05, 0.1) is 27.9 Å². The Hall–Kier alpha value is -2.15. The maximum absolute atomic E-state index is 5.55. The van der Waals surface area contributed by atoms with Crippen LogP contribution >= 0.6 is 0 Å². The maximum Gasteiger partial charge on any atom is 0.203 e. The molecule has 7 heteroatoms. The molecule has 0 unspecified atom stereocenters. The molecule has 2 rings (SSSR count). The van der Waals surface area contributed by atoms with Crippen molar-refractivity contribution in [1.82, 2.24) is 15.5 Å². The van der Waals surface area contributed by atoms with E-state index in [4.69, 9.17) is 19.2 Å². The van der Waals surface area contributed by atoms with Crippen molar-refractivity contribution in [3.63, 3.8) is 0 Å². The van der Waals surface area contributed by atoms with Crippen LogP contribution in [0.4, 0.5) is 0 Å². The van der Waals surface area contributed by atoms with Gasteiger partial charge in [-0.05, 0) is 63.9 Å². The van der Waals surface area contributed by atoms with Gasteiger partial charge in [-0.3, -0.25) is 0 Å². The van der Waals surface area contributed by atoms with Crippen molar-refractivity contribution in [3.05, 3.63) is 17.7 Å². The fraction of sp³-hybridized carbons (Fsp3) is 0.682. The number of benzene rings is 1. The second-order valence-corrected chi connectivity index (χ2v) is 7.49. The molecule has 1 aliphatic heterocycles. The Bertz CT molecular complexity index is 643. The molecule has 0 aromatic heterocycles. The molecular formula is C22H38N4O3. The molecule has 0 saturated carbocycles. The molecule has 1 aromatic carbocycles. The van der Waals surface area contributed by atoms with Crippen LogP contribution in [0.5, 0.6) is 17.2 Å². The first kappa shape index (κ1) is 23.1. The van der Waals surface area contributed by atoms with Crippen LogP contribution in [0.1, 0.15) is 38.7 Å². The molecule has 1 heterocycles. The summed E-state index contributed by atoms with van der Waals surface area (Å²) in [6.45, 7) is 10.2. The van der Waals surface area contributed by atoms with E-state index in [1.165, 1.54) is 25.9 Å². The van der Waals surface area contributed by atoms with Crippen molar-refractivity contribution in [2.45, 2.75) is 39.7 Å². The molecule has 2 N–H and O–H groups in total. The monoisotopic (exact) mass is 406 g/mol. The maximum atomic E-state index is 5.55. The van der Waals surface area contributed by atoms with Gasteiger partial charge in [-0.2, -0.15) is 0 Å². The lowest BCUT2D eigenvalue weighted by molar-refractivity contribution is 0.191. The number of hydrogen-bond acceptors (Lipinski definition) is 5. The van der Waals surface area contributed by atoms with E-state index in [0.717, 1.165) is 43.5 Å². The molecule has 0 aliphatic carbocycles. The van der Waals surface area contributed by atoms with E-state index in [1.807, 2.05) is 12.1 Å². The second-order valence-electron chi connectivity index (χ2n) is 7.49. The summed E-state index contributed by atoms with van der Waals surface area (Å²) in [6, 6.07) is 3.84. The Balaban J connectivity index is 1.91. The number of nitrogens with zero attached hydrogens (tertiary/aromatic N) is 2. The van der Waals surface area contributed by atoms with Crippen LogP contribution in [-0.2, 0) is 6.54 Å². The summed E-state index contributed by atoms with van der Waals surface area (Å²) in [4.78, 5) is 7.29. The minimum Gasteiger partial charge on any atom is -0.493 e. The summed E-state index contributed by atoms with van der Waals surface area (Å²) in [5.74, 6) is 3.60. The molecule has 0 radical (unpaired) electrons. The lowest BCUT2D eigenvalue weighted by Gasteiger charge is -2.30. The average Bonchev–Trinajstić information content (AvgIpc) is 2.75. The summed E-state index contributed by atoms with van der Waals surface area (Å²) < 4.78 is 16.4. The van der Waals surface area contributed by atoms with Gasteiger partial charge in [-0.1, -0.05) is 6.92 Å². The predicted molar refractivity (Wildman–Crippen MR) is 118 cm³/mol. The van der Waals surface area contributed by atoms with Crippen LogP contribution in [0.25, 0.3) is 0 Å². The van der Waals surface area contributed by atoms with Crippen molar-refractivity contribution in [2.75, 3.05) is 54.1 Å². The van der Waals surface area contributed by atoms with Crippen molar-refractivity contribution in [2.24, 2.45) is 10.9 Å². The second kappa shape index (κ2) is 12.4. The van der Waals surface area contributed by atoms with Crippen LogP contribution in [0.15, 0.2) is 17.1 Å². The Kier molecular flexibility index (Phi) is 9.91. The van der Waals surface area contributed by atoms with Gasteiger partial charge in [0.25, 0.3) is 0 Å². The first-order valence-electron chi connectivity index (χ1n) is 10.6. The van der Waals surface area contributed by atoms with Gasteiger partial charge in [0.1, 0.15) is 0 Å². The van der Waals surface area contributed by atoms with Crippen LogP contribution in [0.3, 0.4) is 0 Å². The van der Waals surface area contributed by atoms with E-state index in [-0.39, 0.29) is 0 Å². The summed E-state index contributed by atoms with van der Waals surface area (Å²) in [5, 5.41) is 6.76. The average molecular weight is 407 g/mol. The number of guanidine groups is 1. The third kappa shape index (κ3) is 6.99. The lowest BCUT2D eigenvalue weighted by atomic mass is 9.99. The molecule has 1 saturated heterocycles. The van der Waals surface area contributed by atoms with Gasteiger partial charge < -0.3 is 29.7 Å². The quantitative estimate of drug-likeness (QED) is 0.354. The van der Waals surface area contributed by atoms with Crippen LogP contribution in [-0.4, -0.2) is 64.9 Å². The molecule has 164 valence electrons. The number of likely N-dealkylation sites (tertiary alicyclic amines) is 1. The largest absolute Gasteiger partial charge is 0.493 e. The number of rotatable bonds is 10. The van der Waals surface area contributed by atoms with Gasteiger partial charge >= 0.3 is 0 Å². The summed E-state index contributed by atoms with van der Waals surface area (Å²) in [7, 11) is 4.87. The molecule has 1 fully saturated rings. The van der Waals surface area contributed by atoms with Gasteiger partial charge in [-0.15, -0.1) is 0 Å². The first-order chi connectivity index (χ1) is 14.1. The van der Waals surface area contributed by atoms with Crippen molar-refractivity contribution < 1.29 is 14.2 Å². The summed E-state index contributed by atoms with van der Waals surface area (Å²) in [5.41, 5.74) is 0.949. The van der Waals surface area contributed by atoms with Crippen molar-refractivity contribution >= 4 is 5.96 Å². The van der Waals surface area contributed by atoms with Crippen LogP contribution < -0.4 is 24.8 Å². The Morgan fingerprint density at radius 1 is 1.07 bits per heavy atom. The topological polar surface area (TPSA) is 67.4 Å². The first-order valence-corrected chi connectivity index (χ1v) is 10.6. The number of methoxy groups -OCH3 is 3. The highest BCUT2D eigenvalue weighted by molar-refractivity contribution is 5.79. The fourth-order valence-electron chi connectivity index (χ4n) is 3.59. The van der Waals surface area contributed by atoms with Gasteiger partial charge in [0, 0.05) is 18.7 Å². The normalized spacial score (nSPS) is 15.8.